The van der Waals surface area contributed by atoms with Gasteiger partial charge in [0.15, 0.2) is 6.10 Å². The van der Waals surface area contributed by atoms with Crippen LogP contribution in [0.4, 0.5) is 0 Å². The summed E-state index contributed by atoms with van der Waals surface area (Å²) in [6.45, 7) is 6.54. The maximum Gasteiger partial charge on any atom is 0.306 e. The Labute approximate surface area is 414 Å². The maximum absolute atomic E-state index is 12.8. The molecule has 1 atom stereocenters. The van der Waals surface area contributed by atoms with Crippen LogP contribution in [0.3, 0.4) is 0 Å². The van der Waals surface area contributed by atoms with Crippen LogP contribution in [0.15, 0.2) is 72.9 Å². The summed E-state index contributed by atoms with van der Waals surface area (Å²) in [7, 11) is 0. The zero-order valence-electron chi connectivity index (χ0n) is 44.2. The van der Waals surface area contributed by atoms with Crippen LogP contribution >= 0.6 is 0 Å². The van der Waals surface area contributed by atoms with Crippen molar-refractivity contribution >= 4 is 17.9 Å². The molecular weight excluding hydrogens is 829 g/mol. The van der Waals surface area contributed by atoms with Crippen molar-refractivity contribution in [2.24, 2.45) is 0 Å². The van der Waals surface area contributed by atoms with E-state index in [0.29, 0.717) is 19.3 Å². The van der Waals surface area contributed by atoms with Crippen molar-refractivity contribution in [2.75, 3.05) is 13.2 Å². The average Bonchev–Trinajstić information content (AvgIpc) is 3.33. The van der Waals surface area contributed by atoms with Gasteiger partial charge >= 0.3 is 17.9 Å². The first kappa shape index (κ1) is 63.8. The van der Waals surface area contributed by atoms with Gasteiger partial charge < -0.3 is 14.2 Å². The van der Waals surface area contributed by atoms with E-state index >= 15 is 0 Å². The van der Waals surface area contributed by atoms with E-state index in [9.17, 15) is 14.4 Å². The third kappa shape index (κ3) is 53.7. The smallest absolute Gasteiger partial charge is 0.306 e. The molecule has 0 heterocycles. The second kappa shape index (κ2) is 55.4. The maximum atomic E-state index is 12.8. The summed E-state index contributed by atoms with van der Waals surface area (Å²) in [5, 5.41) is 0. The van der Waals surface area contributed by atoms with Gasteiger partial charge in [-0.05, 0) is 64.2 Å². The van der Waals surface area contributed by atoms with Gasteiger partial charge in [-0.25, -0.2) is 0 Å². The van der Waals surface area contributed by atoms with Gasteiger partial charge in [0.05, 0.1) is 0 Å². The third-order valence-electron chi connectivity index (χ3n) is 12.3. The van der Waals surface area contributed by atoms with Crippen LogP contribution in [0.5, 0.6) is 0 Å². The molecule has 0 aromatic rings. The number of hydrogen-bond donors (Lipinski definition) is 0. The predicted molar refractivity (Wildman–Crippen MR) is 288 cm³/mol. The number of ether oxygens (including phenoxy) is 3. The lowest BCUT2D eigenvalue weighted by atomic mass is 10.0. The Morgan fingerprint density at radius 1 is 0.313 bits per heavy atom. The molecule has 0 fully saturated rings. The van der Waals surface area contributed by atoms with Crippen molar-refractivity contribution in [2.45, 2.75) is 284 Å². The Balaban J connectivity index is 4.45. The summed E-state index contributed by atoms with van der Waals surface area (Å²) in [6, 6.07) is 0. The van der Waals surface area contributed by atoms with Crippen LogP contribution in [0.2, 0.25) is 0 Å². The topological polar surface area (TPSA) is 78.9 Å². The van der Waals surface area contributed by atoms with Crippen LogP contribution in [0, 0.1) is 0 Å². The second-order valence-electron chi connectivity index (χ2n) is 18.9. The fourth-order valence-electron chi connectivity index (χ4n) is 7.98. The van der Waals surface area contributed by atoms with Gasteiger partial charge in [-0.2, -0.15) is 0 Å². The minimum absolute atomic E-state index is 0.103. The van der Waals surface area contributed by atoms with E-state index < -0.39 is 6.10 Å². The second-order valence-corrected chi connectivity index (χ2v) is 18.9. The van der Waals surface area contributed by atoms with Gasteiger partial charge in [0.2, 0.25) is 0 Å². The first-order valence-corrected chi connectivity index (χ1v) is 28.5. The minimum atomic E-state index is -0.806. The number of allylic oxidation sites excluding steroid dienone is 12. The van der Waals surface area contributed by atoms with Gasteiger partial charge in [-0.1, -0.05) is 267 Å². The van der Waals surface area contributed by atoms with Crippen molar-refractivity contribution in [1.82, 2.24) is 0 Å². The summed E-state index contributed by atoms with van der Waals surface area (Å²) in [6.07, 6.45) is 70.4. The highest BCUT2D eigenvalue weighted by Gasteiger charge is 2.19. The predicted octanol–water partition coefficient (Wildman–Crippen LogP) is 19.0. The molecule has 1 unspecified atom stereocenters. The minimum Gasteiger partial charge on any atom is -0.462 e. The Hall–Kier alpha value is -3.15. The average molecular weight is 936 g/mol. The zero-order chi connectivity index (χ0) is 48.6. The fraction of sp³-hybridized carbons (Fsp3) is 0.754. The van der Waals surface area contributed by atoms with Crippen molar-refractivity contribution in [3.63, 3.8) is 0 Å². The molecule has 0 amide bonds. The molecule has 386 valence electrons. The zero-order valence-corrected chi connectivity index (χ0v) is 44.2. The van der Waals surface area contributed by atoms with E-state index in [1.54, 1.807) is 0 Å². The quantitative estimate of drug-likeness (QED) is 0.0199. The molecule has 0 saturated carbocycles. The molecule has 0 rings (SSSR count). The molecule has 67 heavy (non-hydrogen) atoms. The molecule has 0 spiro atoms. The van der Waals surface area contributed by atoms with Crippen molar-refractivity contribution in [3.05, 3.63) is 72.9 Å². The first-order valence-electron chi connectivity index (χ1n) is 28.5. The molecule has 6 heteroatoms. The van der Waals surface area contributed by atoms with Gasteiger partial charge in [-0.3, -0.25) is 14.4 Å². The lowest BCUT2D eigenvalue weighted by molar-refractivity contribution is -0.166. The van der Waals surface area contributed by atoms with E-state index in [2.05, 4.69) is 87.6 Å². The highest BCUT2D eigenvalue weighted by atomic mass is 16.6. The number of carbonyl (C=O) groups excluding carboxylic acids is 3. The van der Waals surface area contributed by atoms with Crippen molar-refractivity contribution in [3.8, 4) is 0 Å². The molecule has 6 nitrogen and oxygen atoms in total. The number of rotatable bonds is 51. The fourth-order valence-corrected chi connectivity index (χ4v) is 7.98. The highest BCUT2D eigenvalue weighted by molar-refractivity contribution is 5.71. The van der Waals surface area contributed by atoms with Gasteiger partial charge in [0, 0.05) is 19.3 Å². The summed E-state index contributed by atoms with van der Waals surface area (Å²) < 4.78 is 16.8. The summed E-state index contributed by atoms with van der Waals surface area (Å²) in [5.41, 5.74) is 0. The first-order chi connectivity index (χ1) is 33.0. The third-order valence-corrected chi connectivity index (χ3v) is 12.3. The summed E-state index contributed by atoms with van der Waals surface area (Å²) in [4.78, 5) is 38.1. The molecule has 0 N–H and O–H groups in total. The largest absolute Gasteiger partial charge is 0.462 e. The van der Waals surface area contributed by atoms with E-state index in [4.69, 9.17) is 14.2 Å². The van der Waals surface area contributed by atoms with Crippen LogP contribution < -0.4 is 0 Å². The Kier molecular flexibility index (Phi) is 52.8. The molecule has 0 aromatic heterocycles. The van der Waals surface area contributed by atoms with E-state index in [-0.39, 0.29) is 37.5 Å². The lowest BCUT2D eigenvalue weighted by Gasteiger charge is -2.18. The van der Waals surface area contributed by atoms with Crippen molar-refractivity contribution < 1.29 is 28.6 Å². The van der Waals surface area contributed by atoms with Crippen molar-refractivity contribution in [1.29, 1.82) is 0 Å². The summed E-state index contributed by atoms with van der Waals surface area (Å²) in [5.74, 6) is -0.984. The van der Waals surface area contributed by atoms with E-state index in [0.717, 1.165) is 77.0 Å². The van der Waals surface area contributed by atoms with Gasteiger partial charge in [-0.15, -0.1) is 0 Å². The Bertz CT molecular complexity index is 1260. The Morgan fingerprint density at radius 2 is 0.627 bits per heavy atom. The molecule has 0 aliphatic heterocycles. The number of hydrogen-bond acceptors (Lipinski definition) is 6. The molecular formula is C61H106O6. The van der Waals surface area contributed by atoms with Crippen LogP contribution in [-0.2, 0) is 28.6 Å². The van der Waals surface area contributed by atoms with Crippen LogP contribution in [0.1, 0.15) is 278 Å². The number of esters is 3. The molecule has 0 radical (unpaired) electrons. The number of carbonyl (C=O) groups is 3. The normalized spacial score (nSPS) is 12.6. The van der Waals surface area contributed by atoms with E-state index in [1.807, 2.05) is 6.08 Å². The monoisotopic (exact) mass is 935 g/mol. The van der Waals surface area contributed by atoms with E-state index in [1.165, 1.54) is 154 Å². The molecule has 0 saturated heterocycles. The molecule has 0 aliphatic rings. The van der Waals surface area contributed by atoms with Crippen LogP contribution in [0.25, 0.3) is 0 Å². The highest BCUT2D eigenvalue weighted by Crippen LogP contribution is 2.16. The molecule has 0 aliphatic carbocycles. The lowest BCUT2D eigenvalue weighted by Crippen LogP contribution is -2.30. The standard InChI is InChI=1S/C61H106O6/c1-4-7-10-13-16-19-22-25-27-29-31-33-36-39-42-45-48-51-54-60(63)66-57-58(56-65-59(62)53-50-47-44-41-38-35-24-21-18-15-12-9-6-3)67-61(64)55-52-49-46-43-40-37-34-32-30-28-26-23-20-17-14-11-8-5-2/h16,19,22,25,27,29,31,33,35,38,44,47,58H,4-15,17-18,20-21,23-24,26,28,30,32,34,36-37,39-43,45-46,48-57H2,1-3H3/b19-16+,25-22+,29-27+,33-31+,38-35+,47-44+. The SMILES string of the molecule is CCCCC/C=C/C=C/C=C/C=C/CCCCCCCC(=O)OCC(COC(=O)CC/C=C/C/C=C/CCCCCCCC)OC(=O)CCCCCCCCCCCCCCCCCCCC. The summed E-state index contributed by atoms with van der Waals surface area (Å²) >= 11 is 0. The van der Waals surface area contributed by atoms with Crippen LogP contribution in [-0.4, -0.2) is 37.2 Å². The Morgan fingerprint density at radius 3 is 1.07 bits per heavy atom. The van der Waals surface area contributed by atoms with Gasteiger partial charge in [0.1, 0.15) is 13.2 Å². The molecule has 0 bridgehead atoms. The number of unbranched alkanes of at least 4 members (excludes halogenated alkanes) is 31. The van der Waals surface area contributed by atoms with Gasteiger partial charge in [0.25, 0.3) is 0 Å². The molecule has 0 aromatic carbocycles.